The molecule has 4 nitrogen and oxygen atoms in total. The maximum atomic E-state index is 13.3. The number of urea groups is 1. The Morgan fingerprint density at radius 3 is 2.42 bits per heavy atom. The minimum Gasteiger partial charge on any atom is -0.335 e. The first-order valence-corrected chi connectivity index (χ1v) is 8.97. The van der Waals surface area contributed by atoms with Gasteiger partial charge in [0.1, 0.15) is 5.83 Å². The van der Waals surface area contributed by atoms with Gasteiger partial charge in [0.25, 0.3) is 0 Å². The number of nitrogens with one attached hydrogen (secondary N) is 2. The van der Waals surface area contributed by atoms with Crippen molar-refractivity contribution < 1.29 is 9.18 Å². The molecule has 0 aliphatic carbocycles. The number of likely N-dealkylation sites (tertiary alicyclic amines) is 1. The smallest absolute Gasteiger partial charge is 0.315 e. The lowest BCUT2D eigenvalue weighted by atomic mass is 10.1. The summed E-state index contributed by atoms with van der Waals surface area (Å²) in [5.74, 6) is -0.252. The highest BCUT2D eigenvalue weighted by Crippen LogP contribution is 2.08. The molecule has 1 fully saturated rings. The third-order valence-electron chi connectivity index (χ3n) is 3.73. The van der Waals surface area contributed by atoms with Crippen molar-refractivity contribution in [3.63, 3.8) is 0 Å². The van der Waals surface area contributed by atoms with E-state index in [4.69, 9.17) is 0 Å². The summed E-state index contributed by atoms with van der Waals surface area (Å²) in [6.07, 6.45) is 9.13. The Morgan fingerprint density at radius 2 is 1.88 bits per heavy atom. The summed E-state index contributed by atoms with van der Waals surface area (Å²) in [4.78, 5) is 14.1. The minimum atomic E-state index is -0.252. The lowest BCUT2D eigenvalue weighted by molar-refractivity contribution is 0.214. The zero-order chi connectivity index (χ0) is 18.4. The van der Waals surface area contributed by atoms with Crippen LogP contribution in [-0.4, -0.2) is 43.7 Å². The van der Waals surface area contributed by atoms with Gasteiger partial charge in [-0.05, 0) is 64.0 Å². The number of halogens is 1. The van der Waals surface area contributed by atoms with E-state index in [9.17, 15) is 9.18 Å². The molecule has 1 aliphatic heterocycles. The average molecular weight is 339 g/mol. The number of amides is 2. The van der Waals surface area contributed by atoms with Gasteiger partial charge < -0.3 is 15.5 Å². The molecule has 5 heteroatoms. The van der Waals surface area contributed by atoms with Crippen molar-refractivity contribution in [3.8, 4) is 0 Å². The van der Waals surface area contributed by atoms with Crippen LogP contribution in [0.4, 0.5) is 9.18 Å². The van der Waals surface area contributed by atoms with Crippen LogP contribution >= 0.6 is 0 Å². The summed E-state index contributed by atoms with van der Waals surface area (Å²) in [6.45, 7) is 10.2. The molecule has 0 spiro atoms. The third-order valence-corrected chi connectivity index (χ3v) is 3.73. The van der Waals surface area contributed by atoms with Crippen LogP contribution in [0.25, 0.3) is 0 Å². The number of rotatable bonds is 6. The number of nitrogens with zero attached hydrogens (tertiary/aromatic N) is 1. The van der Waals surface area contributed by atoms with Gasteiger partial charge in [-0.3, -0.25) is 0 Å². The predicted octanol–water partition coefficient (Wildman–Crippen LogP) is 4.17. The lowest BCUT2D eigenvalue weighted by Gasteiger charge is -2.29. The van der Waals surface area contributed by atoms with Crippen molar-refractivity contribution >= 4 is 6.03 Å². The Balaban J connectivity index is 0.00000254. The highest BCUT2D eigenvalue weighted by molar-refractivity contribution is 5.74. The molecule has 0 bridgehead atoms. The second-order valence-corrected chi connectivity index (χ2v) is 5.60. The monoisotopic (exact) mass is 339 g/mol. The molecular formula is C19H34FN3O. The van der Waals surface area contributed by atoms with E-state index in [1.165, 1.54) is 12.2 Å². The Morgan fingerprint density at radius 1 is 1.25 bits per heavy atom. The summed E-state index contributed by atoms with van der Waals surface area (Å²) in [6, 6.07) is 0.0811. The van der Waals surface area contributed by atoms with E-state index in [0.29, 0.717) is 13.0 Å². The van der Waals surface area contributed by atoms with Crippen LogP contribution in [-0.2, 0) is 0 Å². The first-order chi connectivity index (χ1) is 11.5. The minimum absolute atomic E-state index is 0.160. The fraction of sp³-hybridized carbons (Fsp3) is 0.632. The molecule has 2 N–H and O–H groups in total. The predicted molar refractivity (Wildman–Crippen MR) is 101 cm³/mol. The van der Waals surface area contributed by atoms with Crippen LogP contribution in [0.15, 0.2) is 35.7 Å². The van der Waals surface area contributed by atoms with Crippen LogP contribution in [0.2, 0.25) is 0 Å². The van der Waals surface area contributed by atoms with Gasteiger partial charge in [-0.25, -0.2) is 9.18 Å². The van der Waals surface area contributed by atoms with Crippen LogP contribution in [0.1, 0.15) is 47.0 Å². The summed E-state index contributed by atoms with van der Waals surface area (Å²) < 4.78 is 13.3. The normalized spacial score (nSPS) is 17.4. The zero-order valence-corrected chi connectivity index (χ0v) is 15.9. The molecule has 0 aromatic rings. The topological polar surface area (TPSA) is 44.4 Å². The van der Waals surface area contributed by atoms with Gasteiger partial charge in [0, 0.05) is 12.6 Å². The van der Waals surface area contributed by atoms with Crippen molar-refractivity contribution in [1.82, 2.24) is 15.5 Å². The van der Waals surface area contributed by atoms with E-state index >= 15 is 0 Å². The second-order valence-electron chi connectivity index (χ2n) is 5.60. The van der Waals surface area contributed by atoms with E-state index in [1.54, 1.807) is 6.08 Å². The summed E-state index contributed by atoms with van der Waals surface area (Å²) in [7, 11) is 2.09. The van der Waals surface area contributed by atoms with Crippen LogP contribution < -0.4 is 10.6 Å². The largest absolute Gasteiger partial charge is 0.335 e. The number of piperidine rings is 1. The fourth-order valence-electron chi connectivity index (χ4n) is 2.28. The molecule has 0 atom stereocenters. The van der Waals surface area contributed by atoms with Crippen LogP contribution in [0.5, 0.6) is 0 Å². The first kappa shape index (κ1) is 22.4. The molecule has 0 aromatic carbocycles. The molecule has 0 saturated carbocycles. The third kappa shape index (κ3) is 10.2. The molecule has 24 heavy (non-hydrogen) atoms. The van der Waals surface area contributed by atoms with Crippen LogP contribution in [0, 0.1) is 0 Å². The molecule has 1 heterocycles. The van der Waals surface area contributed by atoms with Gasteiger partial charge in [0.15, 0.2) is 0 Å². The maximum absolute atomic E-state index is 13.3. The molecule has 1 aliphatic rings. The Labute approximate surface area is 146 Å². The van der Waals surface area contributed by atoms with E-state index < -0.39 is 0 Å². The van der Waals surface area contributed by atoms with E-state index in [2.05, 4.69) is 22.6 Å². The zero-order valence-electron chi connectivity index (χ0n) is 15.9. The van der Waals surface area contributed by atoms with E-state index in [0.717, 1.165) is 31.5 Å². The first-order valence-electron chi connectivity index (χ1n) is 8.97. The number of hydrogen-bond donors (Lipinski definition) is 2. The number of carbonyl (C=O) groups is 1. The molecule has 0 unspecified atom stereocenters. The lowest BCUT2D eigenvalue weighted by Crippen LogP contribution is -2.47. The summed E-state index contributed by atoms with van der Waals surface area (Å²) >= 11 is 0. The maximum Gasteiger partial charge on any atom is 0.315 e. The van der Waals surface area contributed by atoms with Crippen LogP contribution in [0.3, 0.4) is 0 Å². The van der Waals surface area contributed by atoms with Crippen molar-refractivity contribution in [2.75, 3.05) is 26.7 Å². The molecule has 0 radical (unpaired) electrons. The molecular weight excluding hydrogens is 305 g/mol. The summed E-state index contributed by atoms with van der Waals surface area (Å²) in [5, 5.41) is 5.81. The van der Waals surface area contributed by atoms with Gasteiger partial charge >= 0.3 is 6.03 Å². The van der Waals surface area contributed by atoms with Gasteiger partial charge in [-0.15, -0.1) is 0 Å². The van der Waals surface area contributed by atoms with Crippen molar-refractivity contribution in [1.29, 1.82) is 0 Å². The van der Waals surface area contributed by atoms with Gasteiger partial charge in [0.05, 0.1) is 0 Å². The highest BCUT2D eigenvalue weighted by Gasteiger charge is 2.17. The van der Waals surface area contributed by atoms with Gasteiger partial charge in [-0.2, -0.15) is 0 Å². The van der Waals surface area contributed by atoms with E-state index in [-0.39, 0.29) is 17.9 Å². The standard InChI is InChI=1S/C17H28FN3O.C2H6/c1-4-6-15(18)8-7-14(5-2)13-19-17(22)20-16-9-11-21(3)12-10-16;1-2/h5-8,16H,4,9-13H2,1-3H3,(H2,19,20,22);1-2H3/b8-7-,14-5+,15-6+;. The molecule has 1 saturated heterocycles. The fourth-order valence-corrected chi connectivity index (χ4v) is 2.28. The molecule has 0 aromatic heterocycles. The van der Waals surface area contributed by atoms with Crippen molar-refractivity contribution in [2.45, 2.75) is 53.0 Å². The van der Waals surface area contributed by atoms with Crippen molar-refractivity contribution in [3.05, 3.63) is 35.7 Å². The van der Waals surface area contributed by atoms with Crippen molar-refractivity contribution in [2.24, 2.45) is 0 Å². The number of carbonyl (C=O) groups excluding carboxylic acids is 1. The van der Waals surface area contributed by atoms with Gasteiger partial charge in [0.2, 0.25) is 0 Å². The average Bonchev–Trinajstić information content (AvgIpc) is 2.59. The molecule has 2 amide bonds. The molecule has 138 valence electrons. The Kier molecular flexibility index (Phi) is 12.9. The van der Waals surface area contributed by atoms with E-state index in [1.807, 2.05) is 33.8 Å². The molecule has 1 rings (SSSR count). The number of hydrogen-bond acceptors (Lipinski definition) is 2. The van der Waals surface area contributed by atoms with Gasteiger partial charge in [-0.1, -0.05) is 32.9 Å². The summed E-state index contributed by atoms with van der Waals surface area (Å²) in [5.41, 5.74) is 0.873. The SMILES string of the molecule is CC.C\C=C(/C=C\C(F)=C/CC)CNC(=O)NC1CCN(C)CC1. The number of allylic oxidation sites excluding steroid dienone is 4. The Bertz CT molecular complexity index is 436. The Hall–Kier alpha value is -1.62. The highest BCUT2D eigenvalue weighted by atomic mass is 19.1. The quantitative estimate of drug-likeness (QED) is 0.713. The second kappa shape index (κ2) is 13.8.